The van der Waals surface area contributed by atoms with Crippen LogP contribution in [0.15, 0.2) is 200 Å². The van der Waals surface area contributed by atoms with Gasteiger partial charge in [-0.3, -0.25) is 0 Å². The molecule has 9 aromatic rings. The summed E-state index contributed by atoms with van der Waals surface area (Å²) in [6.45, 7) is 0. The average Bonchev–Trinajstić information content (AvgIpc) is 3.74. The third kappa shape index (κ3) is 4.17. The second-order valence-corrected chi connectivity index (χ2v) is 14.7. The molecule has 0 radical (unpaired) electrons. The lowest BCUT2D eigenvalue weighted by atomic mass is 9.70. The summed E-state index contributed by atoms with van der Waals surface area (Å²) in [4.78, 5) is 2.34. The number of ether oxygens (including phenoxy) is 2. The van der Waals surface area contributed by atoms with Gasteiger partial charge >= 0.3 is 0 Å². The molecule has 2 aliphatic carbocycles. The summed E-state index contributed by atoms with van der Waals surface area (Å²) in [6, 6.07) is 71.5. The summed E-state index contributed by atoms with van der Waals surface area (Å²) in [7, 11) is 0. The van der Waals surface area contributed by atoms with Gasteiger partial charge in [0.05, 0.1) is 22.5 Å². The van der Waals surface area contributed by atoms with E-state index in [4.69, 9.17) is 9.47 Å². The number of rotatable bonds is 4. The number of benzene rings is 9. The third-order valence-corrected chi connectivity index (χ3v) is 11.9. The van der Waals surface area contributed by atoms with Crippen LogP contribution < -0.4 is 14.4 Å². The standard InChI is InChI=1S/C53H33NO2/c1-2-16-34(17-3-1)36-21-9-13-28-45(36)54(46-29-14-19-35-18-4-5-20-37(35)46)47-30-15-31-48-51(47)55-49-33-32-44-50(52(49)56-48)40-24-8-12-27-43(40)53(44)41-25-10-6-22-38(41)39-23-7-11-26-42(39)53/h1-33H. The lowest BCUT2D eigenvalue weighted by Crippen LogP contribution is -2.25. The van der Waals surface area contributed by atoms with Crippen molar-refractivity contribution in [1.82, 2.24) is 0 Å². The second kappa shape index (κ2) is 11.8. The minimum Gasteiger partial charge on any atom is -0.449 e. The quantitative estimate of drug-likeness (QED) is 0.181. The lowest BCUT2D eigenvalue weighted by molar-refractivity contribution is 0.361. The van der Waals surface area contributed by atoms with Crippen molar-refractivity contribution in [2.24, 2.45) is 0 Å². The van der Waals surface area contributed by atoms with Crippen LogP contribution in [0, 0.1) is 0 Å². The molecule has 0 bridgehead atoms. The molecule has 0 N–H and O–H groups in total. The largest absolute Gasteiger partial charge is 0.449 e. The van der Waals surface area contributed by atoms with Crippen LogP contribution in [0.1, 0.15) is 22.3 Å². The predicted octanol–water partition coefficient (Wildman–Crippen LogP) is 14.2. The fraction of sp³-hybridized carbons (Fsp3) is 0.0189. The van der Waals surface area contributed by atoms with Crippen LogP contribution in [0.2, 0.25) is 0 Å². The number of fused-ring (bicyclic) bond motifs is 14. The Balaban J connectivity index is 1.08. The molecule has 3 nitrogen and oxygen atoms in total. The van der Waals surface area contributed by atoms with Gasteiger partial charge in [0.25, 0.3) is 0 Å². The van der Waals surface area contributed by atoms with Crippen molar-refractivity contribution in [3.05, 3.63) is 222 Å². The van der Waals surface area contributed by atoms with Crippen molar-refractivity contribution < 1.29 is 9.47 Å². The monoisotopic (exact) mass is 715 g/mol. The first kappa shape index (κ1) is 31.0. The highest BCUT2D eigenvalue weighted by Gasteiger charge is 2.53. The van der Waals surface area contributed by atoms with Crippen LogP contribution >= 0.6 is 0 Å². The molecule has 56 heavy (non-hydrogen) atoms. The van der Waals surface area contributed by atoms with Crippen molar-refractivity contribution in [3.8, 4) is 56.4 Å². The fourth-order valence-corrected chi connectivity index (χ4v) is 9.72. The molecule has 0 fully saturated rings. The zero-order valence-electron chi connectivity index (χ0n) is 30.3. The molecular formula is C53H33NO2. The van der Waals surface area contributed by atoms with E-state index in [-0.39, 0.29) is 0 Å². The summed E-state index contributed by atoms with van der Waals surface area (Å²) in [6.07, 6.45) is 0. The predicted molar refractivity (Wildman–Crippen MR) is 227 cm³/mol. The molecule has 1 spiro atoms. The number of anilines is 3. The van der Waals surface area contributed by atoms with Crippen LogP contribution in [0.4, 0.5) is 17.1 Å². The van der Waals surface area contributed by atoms with Crippen molar-refractivity contribution in [1.29, 1.82) is 0 Å². The molecule has 0 saturated carbocycles. The highest BCUT2D eigenvalue weighted by molar-refractivity contribution is 6.03. The molecule has 0 atom stereocenters. The zero-order valence-corrected chi connectivity index (χ0v) is 30.3. The van der Waals surface area contributed by atoms with Gasteiger partial charge < -0.3 is 14.4 Å². The van der Waals surface area contributed by atoms with E-state index < -0.39 is 5.41 Å². The van der Waals surface area contributed by atoms with Gasteiger partial charge in [0, 0.05) is 16.5 Å². The van der Waals surface area contributed by atoms with E-state index in [1.165, 1.54) is 38.9 Å². The Kier molecular flexibility index (Phi) is 6.55. The van der Waals surface area contributed by atoms with Crippen LogP contribution in [-0.4, -0.2) is 0 Å². The molecule has 262 valence electrons. The molecule has 12 rings (SSSR count). The van der Waals surface area contributed by atoms with Gasteiger partial charge in [-0.1, -0.05) is 170 Å². The van der Waals surface area contributed by atoms with Crippen molar-refractivity contribution in [2.75, 3.05) is 4.90 Å². The summed E-state index contributed by atoms with van der Waals surface area (Å²) >= 11 is 0. The first-order valence-corrected chi connectivity index (χ1v) is 19.2. The molecule has 1 heterocycles. The Morgan fingerprint density at radius 1 is 0.339 bits per heavy atom. The Morgan fingerprint density at radius 2 is 0.875 bits per heavy atom. The number of nitrogens with zero attached hydrogens (tertiary/aromatic N) is 1. The summed E-state index contributed by atoms with van der Waals surface area (Å²) in [5, 5.41) is 2.31. The highest BCUT2D eigenvalue weighted by atomic mass is 16.6. The van der Waals surface area contributed by atoms with Crippen molar-refractivity contribution in [3.63, 3.8) is 0 Å². The highest BCUT2D eigenvalue weighted by Crippen LogP contribution is 2.67. The molecular weight excluding hydrogens is 683 g/mol. The van der Waals surface area contributed by atoms with E-state index in [0.29, 0.717) is 17.2 Å². The number of para-hydroxylation sites is 2. The lowest BCUT2D eigenvalue weighted by Gasteiger charge is -2.33. The van der Waals surface area contributed by atoms with Gasteiger partial charge in [-0.05, 0) is 80.2 Å². The van der Waals surface area contributed by atoms with Crippen LogP contribution in [-0.2, 0) is 5.41 Å². The maximum Gasteiger partial charge on any atom is 0.194 e. The van der Waals surface area contributed by atoms with Crippen molar-refractivity contribution >= 4 is 27.8 Å². The zero-order chi connectivity index (χ0) is 36.8. The van der Waals surface area contributed by atoms with E-state index in [1.54, 1.807) is 0 Å². The molecule has 0 saturated heterocycles. The molecule has 9 aromatic carbocycles. The molecule has 3 aliphatic rings. The van der Waals surface area contributed by atoms with Gasteiger partial charge in [0.2, 0.25) is 0 Å². The Hall–Kier alpha value is -7.36. The van der Waals surface area contributed by atoms with Crippen LogP contribution in [0.3, 0.4) is 0 Å². The SMILES string of the molecule is c1ccc(-c2ccccc2N(c2cccc3c2Oc2ccc4c(c2O3)-c2ccccc2C42c3ccccc3-c3ccccc32)c2cccc3ccccc23)cc1. The Morgan fingerprint density at radius 3 is 1.66 bits per heavy atom. The van der Waals surface area contributed by atoms with Gasteiger partial charge in [-0.2, -0.15) is 0 Å². The number of hydrogen-bond acceptors (Lipinski definition) is 3. The maximum absolute atomic E-state index is 7.17. The normalized spacial score (nSPS) is 13.4. The van der Waals surface area contributed by atoms with E-state index in [0.717, 1.165) is 50.3 Å². The average molecular weight is 716 g/mol. The topological polar surface area (TPSA) is 21.7 Å². The molecule has 0 amide bonds. The molecule has 0 aromatic heterocycles. The second-order valence-electron chi connectivity index (χ2n) is 14.7. The molecule has 3 heteroatoms. The van der Waals surface area contributed by atoms with E-state index in [9.17, 15) is 0 Å². The summed E-state index contributed by atoms with van der Waals surface area (Å²) in [5.41, 5.74) is 14.7. The first-order chi connectivity index (χ1) is 27.8. The molecule has 0 unspecified atom stereocenters. The first-order valence-electron chi connectivity index (χ1n) is 19.2. The van der Waals surface area contributed by atoms with E-state index >= 15 is 0 Å². The molecule has 1 aliphatic heterocycles. The summed E-state index contributed by atoms with van der Waals surface area (Å²) in [5.74, 6) is 2.80. The minimum absolute atomic E-state index is 0.466. The van der Waals surface area contributed by atoms with Crippen LogP contribution in [0.5, 0.6) is 23.0 Å². The maximum atomic E-state index is 7.17. The third-order valence-electron chi connectivity index (χ3n) is 11.9. The summed E-state index contributed by atoms with van der Waals surface area (Å²) < 4.78 is 14.3. The van der Waals surface area contributed by atoms with E-state index in [1.807, 2.05) is 6.07 Å². The van der Waals surface area contributed by atoms with Gasteiger partial charge in [-0.15, -0.1) is 0 Å². The van der Waals surface area contributed by atoms with Gasteiger partial charge in [0.1, 0.15) is 0 Å². The number of hydrogen-bond donors (Lipinski definition) is 0. The smallest absolute Gasteiger partial charge is 0.194 e. The van der Waals surface area contributed by atoms with Crippen LogP contribution in [0.25, 0.3) is 44.2 Å². The van der Waals surface area contributed by atoms with E-state index in [2.05, 4.69) is 199 Å². The van der Waals surface area contributed by atoms with Crippen molar-refractivity contribution in [2.45, 2.75) is 5.41 Å². The van der Waals surface area contributed by atoms with Gasteiger partial charge in [-0.25, -0.2) is 0 Å². The Labute approximate surface area is 325 Å². The Bertz CT molecular complexity index is 3000. The fourth-order valence-electron chi connectivity index (χ4n) is 9.72. The minimum atomic E-state index is -0.466. The van der Waals surface area contributed by atoms with Gasteiger partial charge in [0.15, 0.2) is 23.0 Å².